The summed E-state index contributed by atoms with van der Waals surface area (Å²) in [6, 6.07) is 23.4. The highest BCUT2D eigenvalue weighted by Gasteiger charge is 2.10. The molecule has 0 fully saturated rings. The normalized spacial score (nSPS) is 11.2. The Balaban J connectivity index is 1.71. The molecule has 0 unspecified atom stereocenters. The maximum Gasteiger partial charge on any atom is 0.261 e. The Morgan fingerprint density at radius 1 is 0.938 bits per heavy atom. The fourth-order valence-corrected chi connectivity index (χ4v) is 3.65. The van der Waals surface area contributed by atoms with Crippen molar-refractivity contribution in [2.45, 2.75) is 19.9 Å². The zero-order chi connectivity index (χ0) is 22.3. The van der Waals surface area contributed by atoms with Gasteiger partial charge in [-0.3, -0.25) is 9.36 Å². The quantitative estimate of drug-likeness (QED) is 0.388. The van der Waals surface area contributed by atoms with Crippen LogP contribution in [-0.4, -0.2) is 23.3 Å². The van der Waals surface area contributed by atoms with Crippen LogP contribution in [0, 0.1) is 0 Å². The Kier molecular flexibility index (Phi) is 6.66. The Morgan fingerprint density at radius 2 is 1.72 bits per heavy atom. The third-order valence-electron chi connectivity index (χ3n) is 5.27. The molecule has 4 aromatic rings. The molecule has 3 aromatic carbocycles. The van der Waals surface area contributed by atoms with Crippen LogP contribution in [0.4, 0.5) is 0 Å². The van der Waals surface area contributed by atoms with Crippen LogP contribution in [0.3, 0.4) is 0 Å². The summed E-state index contributed by atoms with van der Waals surface area (Å²) in [5, 5.41) is 0.625. The van der Waals surface area contributed by atoms with E-state index in [0.29, 0.717) is 41.4 Å². The minimum atomic E-state index is -0.0320. The van der Waals surface area contributed by atoms with E-state index in [0.717, 1.165) is 12.0 Å². The number of benzene rings is 3. The van der Waals surface area contributed by atoms with E-state index in [9.17, 15) is 4.79 Å². The van der Waals surface area contributed by atoms with Gasteiger partial charge < -0.3 is 9.47 Å². The van der Waals surface area contributed by atoms with Gasteiger partial charge in [-0.05, 0) is 54.8 Å². The maximum atomic E-state index is 13.3. The minimum absolute atomic E-state index is 0.0320. The van der Waals surface area contributed by atoms with E-state index in [4.69, 9.17) is 14.5 Å². The zero-order valence-corrected chi connectivity index (χ0v) is 18.3. The Hall–Kier alpha value is -3.86. The first-order chi connectivity index (χ1) is 15.7. The van der Waals surface area contributed by atoms with Crippen molar-refractivity contribution >= 4 is 23.1 Å². The van der Waals surface area contributed by atoms with Gasteiger partial charge in [0.15, 0.2) is 11.5 Å². The Morgan fingerprint density at radius 3 is 2.50 bits per heavy atom. The van der Waals surface area contributed by atoms with E-state index in [2.05, 4.69) is 12.1 Å². The number of hydrogen-bond donors (Lipinski definition) is 0. The lowest BCUT2D eigenvalue weighted by molar-refractivity contribution is 0.311. The number of aryl methyl sites for hydroxylation is 1. The average molecular weight is 427 g/mol. The number of rotatable bonds is 8. The van der Waals surface area contributed by atoms with Crippen molar-refractivity contribution in [2.75, 3.05) is 13.7 Å². The van der Waals surface area contributed by atoms with Gasteiger partial charge >= 0.3 is 0 Å². The second kappa shape index (κ2) is 9.96. The van der Waals surface area contributed by atoms with Crippen molar-refractivity contribution in [3.8, 4) is 11.5 Å². The van der Waals surface area contributed by atoms with Gasteiger partial charge in [0, 0.05) is 6.54 Å². The maximum absolute atomic E-state index is 13.3. The molecule has 0 radical (unpaired) electrons. The molecule has 32 heavy (non-hydrogen) atoms. The van der Waals surface area contributed by atoms with Gasteiger partial charge in [0.25, 0.3) is 5.56 Å². The lowest BCUT2D eigenvalue weighted by Crippen LogP contribution is -2.24. The SMILES string of the molecule is CCOc1ccc(/C=C/c2nc3ccccc3c(=O)n2CCc2ccccc2)cc1OC. The van der Waals surface area contributed by atoms with Crippen molar-refractivity contribution in [3.05, 3.63) is 100 Å². The van der Waals surface area contributed by atoms with Gasteiger partial charge in [-0.2, -0.15) is 0 Å². The number of methoxy groups -OCH3 is 1. The Labute approximate surface area is 187 Å². The molecule has 162 valence electrons. The molecule has 1 heterocycles. The molecular weight excluding hydrogens is 400 g/mol. The molecule has 1 aromatic heterocycles. The molecule has 0 aliphatic rings. The molecule has 0 aliphatic heterocycles. The summed E-state index contributed by atoms with van der Waals surface area (Å²) < 4.78 is 12.8. The van der Waals surface area contributed by atoms with E-state index in [1.54, 1.807) is 11.7 Å². The number of nitrogens with zero attached hydrogens (tertiary/aromatic N) is 2. The number of fused-ring (bicyclic) bond motifs is 1. The molecule has 5 nitrogen and oxygen atoms in total. The van der Waals surface area contributed by atoms with Gasteiger partial charge in [0.05, 0.1) is 24.6 Å². The highest BCUT2D eigenvalue weighted by molar-refractivity contribution is 5.79. The molecule has 0 saturated carbocycles. The summed E-state index contributed by atoms with van der Waals surface area (Å²) in [4.78, 5) is 18.0. The molecule has 0 atom stereocenters. The van der Waals surface area contributed by atoms with E-state index in [1.165, 1.54) is 5.56 Å². The minimum Gasteiger partial charge on any atom is -0.493 e. The first-order valence-electron chi connectivity index (χ1n) is 10.7. The van der Waals surface area contributed by atoms with Gasteiger partial charge in [-0.15, -0.1) is 0 Å². The third-order valence-corrected chi connectivity index (χ3v) is 5.27. The summed E-state index contributed by atoms with van der Waals surface area (Å²) in [5.41, 5.74) is 2.77. The number of ether oxygens (including phenoxy) is 2. The standard InChI is InChI=1S/C27H26N2O3/c1-3-32-24-15-13-21(19-25(24)31-2)14-16-26-28-23-12-8-7-11-22(23)27(30)29(26)18-17-20-9-5-4-6-10-20/h4-16,19H,3,17-18H2,1-2H3/b16-14+. The summed E-state index contributed by atoms with van der Waals surface area (Å²) in [6.45, 7) is 3.06. The molecule has 0 spiro atoms. The predicted octanol–water partition coefficient (Wildman–Crippen LogP) is 5.22. The number of para-hydroxylation sites is 1. The van der Waals surface area contributed by atoms with Crippen molar-refractivity contribution in [3.63, 3.8) is 0 Å². The van der Waals surface area contributed by atoms with Gasteiger partial charge in [0.2, 0.25) is 0 Å². The molecule has 0 N–H and O–H groups in total. The van der Waals surface area contributed by atoms with E-state index in [-0.39, 0.29) is 5.56 Å². The molecule has 4 rings (SSSR count). The highest BCUT2D eigenvalue weighted by Crippen LogP contribution is 2.28. The van der Waals surface area contributed by atoms with Crippen LogP contribution in [0.2, 0.25) is 0 Å². The van der Waals surface area contributed by atoms with E-state index in [1.807, 2.05) is 79.7 Å². The van der Waals surface area contributed by atoms with Gasteiger partial charge in [-0.1, -0.05) is 54.6 Å². The first kappa shape index (κ1) is 21.4. The second-order valence-corrected chi connectivity index (χ2v) is 7.36. The summed E-state index contributed by atoms with van der Waals surface area (Å²) in [5.74, 6) is 2.00. The lowest BCUT2D eigenvalue weighted by atomic mass is 10.1. The molecular formula is C27H26N2O3. The molecule has 0 saturated heterocycles. The molecule has 0 bridgehead atoms. The van der Waals surface area contributed by atoms with Crippen molar-refractivity contribution < 1.29 is 9.47 Å². The van der Waals surface area contributed by atoms with Crippen molar-refractivity contribution in [1.29, 1.82) is 0 Å². The monoisotopic (exact) mass is 426 g/mol. The van der Waals surface area contributed by atoms with Crippen LogP contribution in [0.1, 0.15) is 23.9 Å². The van der Waals surface area contributed by atoms with Crippen LogP contribution >= 0.6 is 0 Å². The van der Waals surface area contributed by atoms with Crippen LogP contribution < -0.4 is 15.0 Å². The van der Waals surface area contributed by atoms with Crippen LogP contribution in [0.5, 0.6) is 11.5 Å². The molecule has 5 heteroatoms. The number of hydrogen-bond acceptors (Lipinski definition) is 4. The fraction of sp³-hybridized carbons (Fsp3) is 0.185. The van der Waals surface area contributed by atoms with E-state index < -0.39 is 0 Å². The predicted molar refractivity (Wildman–Crippen MR) is 129 cm³/mol. The highest BCUT2D eigenvalue weighted by atomic mass is 16.5. The van der Waals surface area contributed by atoms with Crippen LogP contribution in [0.25, 0.3) is 23.1 Å². The topological polar surface area (TPSA) is 53.3 Å². The van der Waals surface area contributed by atoms with Crippen LogP contribution in [-0.2, 0) is 13.0 Å². The largest absolute Gasteiger partial charge is 0.493 e. The zero-order valence-electron chi connectivity index (χ0n) is 18.3. The van der Waals surface area contributed by atoms with Gasteiger partial charge in [-0.25, -0.2) is 4.98 Å². The second-order valence-electron chi connectivity index (χ2n) is 7.36. The summed E-state index contributed by atoms with van der Waals surface area (Å²) in [6.07, 6.45) is 4.57. The fourth-order valence-electron chi connectivity index (χ4n) is 3.65. The average Bonchev–Trinajstić information content (AvgIpc) is 2.84. The van der Waals surface area contributed by atoms with Gasteiger partial charge in [0.1, 0.15) is 5.82 Å². The summed E-state index contributed by atoms with van der Waals surface area (Å²) in [7, 11) is 1.62. The van der Waals surface area contributed by atoms with E-state index >= 15 is 0 Å². The smallest absolute Gasteiger partial charge is 0.261 e. The number of aromatic nitrogens is 2. The van der Waals surface area contributed by atoms with Crippen molar-refractivity contribution in [2.24, 2.45) is 0 Å². The van der Waals surface area contributed by atoms with Crippen LogP contribution in [0.15, 0.2) is 77.6 Å². The lowest BCUT2D eigenvalue weighted by Gasteiger charge is -2.12. The Bertz CT molecular complexity index is 1290. The summed E-state index contributed by atoms with van der Waals surface area (Å²) >= 11 is 0. The molecule has 0 aliphatic carbocycles. The van der Waals surface area contributed by atoms with Crippen molar-refractivity contribution in [1.82, 2.24) is 9.55 Å². The first-order valence-corrected chi connectivity index (χ1v) is 10.7. The molecule has 0 amide bonds. The third kappa shape index (κ3) is 4.72.